The topological polar surface area (TPSA) is 55.8 Å². The molecule has 0 N–H and O–H groups in total. The number of rotatable bonds is 9. The van der Waals surface area contributed by atoms with Gasteiger partial charge in [0, 0.05) is 42.9 Å². The summed E-state index contributed by atoms with van der Waals surface area (Å²) in [5.74, 6) is 5.37. The molecule has 0 saturated heterocycles. The van der Waals surface area contributed by atoms with Crippen molar-refractivity contribution >= 4 is 40.8 Å². The fourth-order valence-corrected chi connectivity index (χ4v) is 8.44. The average molecular weight is 597 g/mol. The van der Waals surface area contributed by atoms with E-state index in [-0.39, 0.29) is 23.8 Å². The zero-order chi connectivity index (χ0) is 29.2. The lowest BCUT2D eigenvalue weighted by molar-refractivity contribution is -0.165. The van der Waals surface area contributed by atoms with Crippen molar-refractivity contribution in [1.29, 1.82) is 0 Å². The number of esters is 2. The first kappa shape index (κ1) is 29.8. The van der Waals surface area contributed by atoms with Crippen LogP contribution < -0.4 is 9.64 Å². The number of hydrogen-bond acceptors (Lipinski definition) is 5. The minimum absolute atomic E-state index is 0.201. The third-order valence-electron chi connectivity index (χ3n) is 9.96. The standard InChI is InChI=1S/C34H39Cl2NO4/c1-4-34(41-23(2)38)16-14-31-30-11-7-25-22-27(10-12-28(25)29(30)13-15-33(31,34)3)40-32(39)21-24-5-8-26(9-6-24)37(19-17-35)20-18-36/h1,5-6,8-10,12,22,29-31H,7,11,13-21H2,2-3H3/t29-,30?,31+,33+,34+/m1/s1. The van der Waals surface area contributed by atoms with E-state index in [0.29, 0.717) is 35.3 Å². The molecule has 0 bridgehead atoms. The molecule has 2 saturated carbocycles. The Labute approximate surface area is 253 Å². The van der Waals surface area contributed by atoms with Crippen LogP contribution in [-0.2, 0) is 27.2 Å². The maximum atomic E-state index is 12.8. The molecule has 0 aliphatic heterocycles. The number of carbonyl (C=O) groups is 2. The third-order valence-corrected chi connectivity index (χ3v) is 10.3. The van der Waals surface area contributed by atoms with Crippen LogP contribution in [0.25, 0.3) is 0 Å². The molecule has 5 nitrogen and oxygen atoms in total. The molecule has 5 rings (SSSR count). The number of benzene rings is 2. The van der Waals surface area contributed by atoms with E-state index >= 15 is 0 Å². The highest BCUT2D eigenvalue weighted by Crippen LogP contribution is 2.65. The number of anilines is 1. The van der Waals surface area contributed by atoms with Gasteiger partial charge in [0.05, 0.1) is 6.42 Å². The zero-order valence-corrected chi connectivity index (χ0v) is 25.5. The van der Waals surface area contributed by atoms with Crippen LogP contribution in [-0.4, -0.2) is 42.4 Å². The number of carbonyl (C=O) groups excluding carboxylic acids is 2. The normalized spacial score (nSPS) is 28.0. The smallest absolute Gasteiger partial charge is 0.315 e. The summed E-state index contributed by atoms with van der Waals surface area (Å²) in [5.41, 5.74) is 3.56. The van der Waals surface area contributed by atoms with Gasteiger partial charge in [0.2, 0.25) is 0 Å². The number of terminal acetylenes is 1. The van der Waals surface area contributed by atoms with Crippen LogP contribution in [0.1, 0.15) is 68.6 Å². The van der Waals surface area contributed by atoms with Gasteiger partial charge >= 0.3 is 11.9 Å². The van der Waals surface area contributed by atoms with Gasteiger partial charge < -0.3 is 14.4 Å². The average Bonchev–Trinajstić information content (AvgIpc) is 3.24. The molecule has 41 heavy (non-hydrogen) atoms. The molecule has 2 aromatic carbocycles. The number of hydrogen-bond donors (Lipinski definition) is 0. The van der Waals surface area contributed by atoms with Crippen molar-refractivity contribution in [3.05, 3.63) is 59.2 Å². The van der Waals surface area contributed by atoms with Gasteiger partial charge in [-0.3, -0.25) is 9.59 Å². The largest absolute Gasteiger partial charge is 0.445 e. The van der Waals surface area contributed by atoms with E-state index in [1.54, 1.807) is 0 Å². The van der Waals surface area contributed by atoms with Crippen LogP contribution in [0, 0.1) is 29.6 Å². The molecule has 0 aromatic heterocycles. The SMILES string of the molecule is C#C[C@]1(OC(C)=O)CC[C@H]2C3CCc4cc(OC(=O)Cc5ccc(N(CCCl)CCCl)cc5)ccc4[C@H]3CC[C@@]21C. The highest BCUT2D eigenvalue weighted by Gasteiger charge is 2.63. The second-order valence-electron chi connectivity index (χ2n) is 12.0. The Morgan fingerprint density at radius 3 is 2.44 bits per heavy atom. The molecule has 5 atom stereocenters. The van der Waals surface area contributed by atoms with Gasteiger partial charge in [-0.15, -0.1) is 29.6 Å². The summed E-state index contributed by atoms with van der Waals surface area (Å²) in [6.07, 6.45) is 11.9. The van der Waals surface area contributed by atoms with E-state index < -0.39 is 5.60 Å². The number of halogens is 2. The monoisotopic (exact) mass is 595 g/mol. The predicted molar refractivity (Wildman–Crippen MR) is 164 cm³/mol. The van der Waals surface area contributed by atoms with E-state index in [9.17, 15) is 9.59 Å². The number of fused-ring (bicyclic) bond motifs is 5. The number of aryl methyl sites for hydroxylation is 1. The summed E-state index contributed by atoms with van der Waals surface area (Å²) < 4.78 is 11.7. The number of alkyl halides is 2. The van der Waals surface area contributed by atoms with E-state index in [2.05, 4.69) is 29.9 Å². The van der Waals surface area contributed by atoms with Crippen LogP contribution in [0.4, 0.5) is 5.69 Å². The minimum atomic E-state index is -0.805. The molecule has 7 heteroatoms. The predicted octanol–water partition coefficient (Wildman–Crippen LogP) is 6.91. The van der Waals surface area contributed by atoms with E-state index in [0.717, 1.165) is 62.9 Å². The summed E-state index contributed by atoms with van der Waals surface area (Å²) in [7, 11) is 0. The molecule has 3 aliphatic rings. The lowest BCUT2D eigenvalue weighted by Crippen LogP contribution is -2.52. The number of ether oxygens (including phenoxy) is 2. The van der Waals surface area contributed by atoms with Gasteiger partial charge in [0.25, 0.3) is 0 Å². The molecule has 1 unspecified atom stereocenters. The molecule has 2 fully saturated rings. The van der Waals surface area contributed by atoms with Crippen molar-refractivity contribution in [2.75, 3.05) is 29.7 Å². The van der Waals surface area contributed by atoms with E-state index in [1.165, 1.54) is 18.1 Å². The van der Waals surface area contributed by atoms with Gasteiger partial charge in [-0.25, -0.2) is 0 Å². The Balaban J connectivity index is 1.24. The lowest BCUT2D eigenvalue weighted by Gasteiger charge is -2.52. The highest BCUT2D eigenvalue weighted by atomic mass is 35.5. The van der Waals surface area contributed by atoms with Gasteiger partial charge in [-0.05, 0) is 97.2 Å². The van der Waals surface area contributed by atoms with Gasteiger partial charge in [-0.1, -0.05) is 31.0 Å². The molecule has 3 aliphatic carbocycles. The second-order valence-corrected chi connectivity index (χ2v) is 12.8. The van der Waals surface area contributed by atoms with Gasteiger partial charge in [0.15, 0.2) is 5.60 Å². The van der Waals surface area contributed by atoms with Crippen LogP contribution >= 0.6 is 23.2 Å². The maximum absolute atomic E-state index is 12.8. The molecular formula is C34H39Cl2NO4. The molecule has 0 spiro atoms. The maximum Gasteiger partial charge on any atom is 0.315 e. The Morgan fingerprint density at radius 2 is 1.78 bits per heavy atom. The minimum Gasteiger partial charge on any atom is -0.445 e. The van der Waals surface area contributed by atoms with Crippen molar-refractivity contribution in [3.63, 3.8) is 0 Å². The molecule has 0 radical (unpaired) electrons. The number of nitrogens with zero attached hydrogens (tertiary/aromatic N) is 1. The van der Waals surface area contributed by atoms with Crippen LogP contribution in [0.3, 0.4) is 0 Å². The van der Waals surface area contributed by atoms with E-state index in [1.807, 2.05) is 30.3 Å². The third kappa shape index (κ3) is 5.71. The first-order valence-corrected chi connectivity index (χ1v) is 15.8. The lowest BCUT2D eigenvalue weighted by atomic mass is 9.53. The Kier molecular flexibility index (Phi) is 8.92. The molecular weight excluding hydrogens is 557 g/mol. The summed E-state index contributed by atoms with van der Waals surface area (Å²) in [6, 6.07) is 14.0. The van der Waals surface area contributed by atoms with Crippen LogP contribution in [0.15, 0.2) is 42.5 Å². The van der Waals surface area contributed by atoms with Crippen molar-refractivity contribution in [1.82, 2.24) is 0 Å². The Hall–Kier alpha value is -2.68. The second kappa shape index (κ2) is 12.3. The summed E-state index contributed by atoms with van der Waals surface area (Å²) in [6.45, 7) is 5.13. The molecule has 0 amide bonds. The summed E-state index contributed by atoms with van der Waals surface area (Å²) in [4.78, 5) is 26.9. The van der Waals surface area contributed by atoms with Crippen molar-refractivity contribution in [3.8, 4) is 18.1 Å². The fraction of sp³-hybridized carbons (Fsp3) is 0.529. The highest BCUT2D eigenvalue weighted by molar-refractivity contribution is 6.18. The Bertz CT molecular complexity index is 1310. The van der Waals surface area contributed by atoms with Crippen molar-refractivity contribution in [2.24, 2.45) is 17.3 Å². The molecule has 2 aromatic rings. The van der Waals surface area contributed by atoms with Gasteiger partial charge in [-0.2, -0.15) is 0 Å². The van der Waals surface area contributed by atoms with Gasteiger partial charge in [0.1, 0.15) is 5.75 Å². The fourth-order valence-electron chi connectivity index (χ4n) is 8.03. The first-order valence-electron chi connectivity index (χ1n) is 14.7. The summed E-state index contributed by atoms with van der Waals surface area (Å²) >= 11 is 11.9. The molecule has 218 valence electrons. The van der Waals surface area contributed by atoms with Crippen molar-refractivity contribution < 1.29 is 19.1 Å². The quantitative estimate of drug-likeness (QED) is 0.136. The van der Waals surface area contributed by atoms with Crippen molar-refractivity contribution in [2.45, 2.75) is 70.3 Å². The Morgan fingerprint density at radius 1 is 1.05 bits per heavy atom. The first-order chi connectivity index (χ1) is 19.7. The summed E-state index contributed by atoms with van der Waals surface area (Å²) in [5, 5.41) is 0. The van der Waals surface area contributed by atoms with Crippen LogP contribution in [0.2, 0.25) is 0 Å². The van der Waals surface area contributed by atoms with Crippen LogP contribution in [0.5, 0.6) is 5.75 Å². The van der Waals surface area contributed by atoms with E-state index in [4.69, 9.17) is 39.1 Å². The zero-order valence-electron chi connectivity index (χ0n) is 24.0. The molecule has 0 heterocycles.